The van der Waals surface area contributed by atoms with Gasteiger partial charge in [0.25, 0.3) is 0 Å². The predicted octanol–water partition coefficient (Wildman–Crippen LogP) is 0.888. The molecule has 112 valence electrons. The molecular formula is C13H20N2O4S. The molecule has 0 aliphatic rings. The van der Waals surface area contributed by atoms with Crippen LogP contribution in [-0.2, 0) is 14.8 Å². The fourth-order valence-electron chi connectivity index (χ4n) is 1.51. The van der Waals surface area contributed by atoms with Gasteiger partial charge in [-0.15, -0.1) is 0 Å². The quantitative estimate of drug-likeness (QED) is 0.783. The molecule has 0 unspecified atom stereocenters. The molecule has 0 aromatic heterocycles. The van der Waals surface area contributed by atoms with E-state index < -0.39 is 16.1 Å². The van der Waals surface area contributed by atoms with Gasteiger partial charge in [0.1, 0.15) is 5.75 Å². The van der Waals surface area contributed by atoms with Crippen LogP contribution >= 0.6 is 0 Å². The molecule has 1 aromatic rings. The van der Waals surface area contributed by atoms with E-state index in [0.29, 0.717) is 12.3 Å². The van der Waals surface area contributed by atoms with Crippen LogP contribution in [0, 0.1) is 0 Å². The third kappa shape index (κ3) is 4.50. The normalized spacial score (nSPS) is 12.8. The summed E-state index contributed by atoms with van der Waals surface area (Å²) in [5.41, 5.74) is 0. The number of hydrogen-bond acceptors (Lipinski definition) is 4. The van der Waals surface area contributed by atoms with E-state index in [4.69, 9.17) is 4.74 Å². The number of methoxy groups -OCH3 is 1. The minimum absolute atomic E-state index is 0.0911. The zero-order valence-electron chi connectivity index (χ0n) is 11.8. The summed E-state index contributed by atoms with van der Waals surface area (Å²) < 4.78 is 31.5. The minimum Gasteiger partial charge on any atom is -0.497 e. The van der Waals surface area contributed by atoms with E-state index >= 15 is 0 Å². The molecule has 7 heteroatoms. The molecule has 0 bridgehead atoms. The van der Waals surface area contributed by atoms with E-state index in [0.717, 1.165) is 6.42 Å². The monoisotopic (exact) mass is 300 g/mol. The Labute approximate surface area is 119 Å². The Hall–Kier alpha value is -1.60. The Morgan fingerprint density at radius 3 is 2.40 bits per heavy atom. The summed E-state index contributed by atoms with van der Waals surface area (Å²) >= 11 is 0. The van der Waals surface area contributed by atoms with Gasteiger partial charge in [-0.2, -0.15) is 4.72 Å². The standard InChI is InChI=1S/C13H20N2O4S/c1-4-9-14-13(16)10(2)15-20(17,18)12-7-5-11(19-3)6-8-12/h5-8,10,15H,4,9H2,1-3H3,(H,14,16)/t10-/m0/s1. The van der Waals surface area contributed by atoms with Crippen molar-refractivity contribution in [1.29, 1.82) is 0 Å². The number of benzene rings is 1. The number of hydrogen-bond donors (Lipinski definition) is 2. The second-order valence-electron chi connectivity index (χ2n) is 4.31. The molecule has 0 fully saturated rings. The highest BCUT2D eigenvalue weighted by Gasteiger charge is 2.21. The highest BCUT2D eigenvalue weighted by atomic mass is 32.2. The third-order valence-electron chi connectivity index (χ3n) is 2.64. The first kappa shape index (κ1) is 16.5. The van der Waals surface area contributed by atoms with Crippen molar-refractivity contribution in [3.8, 4) is 5.75 Å². The molecule has 0 spiro atoms. The van der Waals surface area contributed by atoms with Crippen LogP contribution in [0.25, 0.3) is 0 Å². The molecule has 0 heterocycles. The maximum absolute atomic E-state index is 12.1. The summed E-state index contributed by atoms with van der Waals surface area (Å²) in [5.74, 6) is 0.224. The Morgan fingerprint density at radius 2 is 1.90 bits per heavy atom. The van der Waals surface area contributed by atoms with E-state index in [1.165, 1.54) is 26.2 Å². The van der Waals surface area contributed by atoms with Crippen molar-refractivity contribution in [2.24, 2.45) is 0 Å². The third-order valence-corrected chi connectivity index (χ3v) is 4.20. The predicted molar refractivity (Wildman–Crippen MR) is 76.1 cm³/mol. The SMILES string of the molecule is CCCNC(=O)[C@H](C)NS(=O)(=O)c1ccc(OC)cc1. The Kier molecular flexibility index (Phi) is 5.97. The Morgan fingerprint density at radius 1 is 1.30 bits per heavy atom. The Balaban J connectivity index is 2.75. The van der Waals surface area contributed by atoms with E-state index in [1.54, 1.807) is 12.1 Å². The van der Waals surface area contributed by atoms with Gasteiger partial charge < -0.3 is 10.1 Å². The van der Waals surface area contributed by atoms with Crippen LogP contribution in [-0.4, -0.2) is 34.0 Å². The van der Waals surface area contributed by atoms with Gasteiger partial charge in [-0.3, -0.25) is 4.79 Å². The van der Waals surface area contributed by atoms with Crippen LogP contribution in [0.2, 0.25) is 0 Å². The average Bonchev–Trinajstić information content (AvgIpc) is 2.44. The van der Waals surface area contributed by atoms with Crippen LogP contribution < -0.4 is 14.8 Å². The van der Waals surface area contributed by atoms with Crippen molar-refractivity contribution in [3.63, 3.8) is 0 Å². The van der Waals surface area contributed by atoms with E-state index in [9.17, 15) is 13.2 Å². The van der Waals surface area contributed by atoms with Gasteiger partial charge >= 0.3 is 0 Å². The molecular weight excluding hydrogens is 280 g/mol. The van der Waals surface area contributed by atoms with Crippen molar-refractivity contribution in [2.75, 3.05) is 13.7 Å². The Bertz CT molecular complexity index is 540. The van der Waals surface area contributed by atoms with Crippen molar-refractivity contribution < 1.29 is 17.9 Å². The lowest BCUT2D eigenvalue weighted by Crippen LogP contribution is -2.44. The smallest absolute Gasteiger partial charge is 0.241 e. The lowest BCUT2D eigenvalue weighted by atomic mass is 10.3. The number of carbonyl (C=O) groups excluding carboxylic acids is 1. The molecule has 6 nitrogen and oxygen atoms in total. The number of amides is 1. The van der Waals surface area contributed by atoms with Gasteiger partial charge in [0.05, 0.1) is 18.0 Å². The van der Waals surface area contributed by atoms with Crippen molar-refractivity contribution in [2.45, 2.75) is 31.2 Å². The van der Waals surface area contributed by atoms with Crippen LogP contribution in [0.3, 0.4) is 0 Å². The van der Waals surface area contributed by atoms with Crippen LogP contribution in [0.5, 0.6) is 5.75 Å². The summed E-state index contributed by atoms with van der Waals surface area (Å²) in [5, 5.41) is 2.64. The lowest BCUT2D eigenvalue weighted by molar-refractivity contribution is -0.122. The van der Waals surface area contributed by atoms with Gasteiger partial charge in [0.15, 0.2) is 0 Å². The molecule has 20 heavy (non-hydrogen) atoms. The molecule has 1 amide bonds. The summed E-state index contributed by atoms with van der Waals surface area (Å²) in [6.07, 6.45) is 0.795. The van der Waals surface area contributed by atoms with Crippen molar-refractivity contribution in [3.05, 3.63) is 24.3 Å². The van der Waals surface area contributed by atoms with Crippen LogP contribution in [0.15, 0.2) is 29.2 Å². The van der Waals surface area contributed by atoms with Gasteiger partial charge in [-0.25, -0.2) is 8.42 Å². The number of sulfonamides is 1. The van der Waals surface area contributed by atoms with Crippen molar-refractivity contribution in [1.82, 2.24) is 10.0 Å². The average molecular weight is 300 g/mol. The highest BCUT2D eigenvalue weighted by molar-refractivity contribution is 7.89. The minimum atomic E-state index is -3.72. The molecule has 2 N–H and O–H groups in total. The van der Waals surface area contributed by atoms with Gasteiger partial charge in [0.2, 0.25) is 15.9 Å². The van der Waals surface area contributed by atoms with Gasteiger partial charge in [0, 0.05) is 6.54 Å². The molecule has 0 saturated heterocycles. The van der Waals surface area contributed by atoms with E-state index in [2.05, 4.69) is 10.0 Å². The summed E-state index contributed by atoms with van der Waals surface area (Å²) in [7, 11) is -2.22. The van der Waals surface area contributed by atoms with Gasteiger partial charge in [-0.1, -0.05) is 6.92 Å². The second kappa shape index (κ2) is 7.25. The van der Waals surface area contributed by atoms with Crippen LogP contribution in [0.4, 0.5) is 0 Å². The van der Waals surface area contributed by atoms with Crippen molar-refractivity contribution >= 4 is 15.9 Å². The largest absolute Gasteiger partial charge is 0.497 e. The fraction of sp³-hybridized carbons (Fsp3) is 0.462. The molecule has 0 aliphatic carbocycles. The molecule has 0 saturated carbocycles. The number of nitrogens with one attached hydrogen (secondary N) is 2. The molecule has 1 atom stereocenters. The first-order chi connectivity index (χ1) is 9.40. The van der Waals surface area contributed by atoms with E-state index in [1.807, 2.05) is 6.92 Å². The first-order valence-electron chi connectivity index (χ1n) is 6.34. The summed E-state index contributed by atoms with van der Waals surface area (Å²) in [6, 6.07) is 5.14. The molecule has 0 aliphatic heterocycles. The zero-order chi connectivity index (χ0) is 15.2. The van der Waals surface area contributed by atoms with Crippen LogP contribution in [0.1, 0.15) is 20.3 Å². The van der Waals surface area contributed by atoms with Gasteiger partial charge in [-0.05, 0) is 37.6 Å². The summed E-state index contributed by atoms with van der Waals surface area (Å²) in [6.45, 7) is 3.95. The molecule has 1 aromatic carbocycles. The second-order valence-corrected chi connectivity index (χ2v) is 6.02. The lowest BCUT2D eigenvalue weighted by Gasteiger charge is -2.14. The maximum atomic E-state index is 12.1. The van der Waals surface area contributed by atoms with E-state index in [-0.39, 0.29) is 10.8 Å². The first-order valence-corrected chi connectivity index (χ1v) is 7.83. The molecule has 0 radical (unpaired) electrons. The number of rotatable bonds is 7. The number of carbonyl (C=O) groups is 1. The maximum Gasteiger partial charge on any atom is 0.241 e. The molecule has 1 rings (SSSR count). The topological polar surface area (TPSA) is 84.5 Å². The zero-order valence-corrected chi connectivity index (χ0v) is 12.7. The summed E-state index contributed by atoms with van der Waals surface area (Å²) in [4.78, 5) is 11.7. The fourth-order valence-corrected chi connectivity index (χ4v) is 2.71. The number of ether oxygens (including phenoxy) is 1. The highest BCUT2D eigenvalue weighted by Crippen LogP contribution is 2.15.